The van der Waals surface area contributed by atoms with Crippen LogP contribution in [0.5, 0.6) is 0 Å². The number of nitrogens with one attached hydrogen (secondary N) is 1. The molecule has 0 spiro atoms. The summed E-state index contributed by atoms with van der Waals surface area (Å²) >= 11 is 0. The molecule has 0 fully saturated rings. The van der Waals surface area contributed by atoms with Gasteiger partial charge in [0.25, 0.3) is 5.91 Å². The molecule has 0 atom stereocenters. The number of aromatic nitrogens is 1. The third kappa shape index (κ3) is 4.99. The molecule has 2 heterocycles. The Labute approximate surface area is 243 Å². The second-order valence-corrected chi connectivity index (χ2v) is 11.8. The van der Waals surface area contributed by atoms with E-state index < -0.39 is 33.4 Å². The van der Waals surface area contributed by atoms with E-state index in [-0.39, 0.29) is 56.3 Å². The highest BCUT2D eigenvalue weighted by atomic mass is 32.2. The van der Waals surface area contributed by atoms with Crippen LogP contribution in [0.15, 0.2) is 81.6 Å². The summed E-state index contributed by atoms with van der Waals surface area (Å²) in [5.41, 5.74) is 1.58. The summed E-state index contributed by atoms with van der Waals surface area (Å²) in [6, 6.07) is 16.4. The number of halogens is 3. The molecular formula is C31H22F3N3O5S. The van der Waals surface area contributed by atoms with Crippen LogP contribution in [0.1, 0.15) is 10.4 Å². The third-order valence-electron chi connectivity index (χ3n) is 7.03. The Morgan fingerprint density at radius 3 is 2.26 bits per heavy atom. The van der Waals surface area contributed by atoms with Crippen LogP contribution in [0.4, 0.5) is 18.9 Å². The third-order valence-corrected chi connectivity index (χ3v) is 8.22. The highest BCUT2D eigenvalue weighted by molar-refractivity contribution is 7.92. The number of anilines is 1. The molecule has 43 heavy (non-hydrogen) atoms. The number of hydrogen-bond acceptors (Lipinski definition) is 6. The number of oxazole rings is 1. The van der Waals surface area contributed by atoms with Gasteiger partial charge in [-0.2, -0.15) is 0 Å². The lowest BCUT2D eigenvalue weighted by molar-refractivity contribution is 0.0964. The van der Waals surface area contributed by atoms with Crippen molar-refractivity contribution in [3.63, 3.8) is 0 Å². The Balaban J connectivity index is 1.63. The van der Waals surface area contributed by atoms with E-state index >= 15 is 4.39 Å². The number of carbonyl (C=O) groups excluding carboxylic acids is 1. The minimum atomic E-state index is -3.83. The first-order valence-corrected chi connectivity index (χ1v) is 14.7. The number of furan rings is 1. The fourth-order valence-corrected chi connectivity index (χ4v) is 5.37. The van der Waals surface area contributed by atoms with Crippen molar-refractivity contribution >= 4 is 43.7 Å². The van der Waals surface area contributed by atoms with Gasteiger partial charge in [0.2, 0.25) is 15.9 Å². The molecule has 6 rings (SSSR count). The van der Waals surface area contributed by atoms with Gasteiger partial charge in [-0.05, 0) is 66.2 Å². The topological polar surface area (TPSA) is 106 Å². The number of nitrogens with zero attached hydrogens (tertiary/aromatic N) is 2. The maximum Gasteiger partial charge on any atom is 0.255 e. The van der Waals surface area contributed by atoms with Crippen LogP contribution in [0.25, 0.3) is 56.0 Å². The van der Waals surface area contributed by atoms with Gasteiger partial charge in [0.05, 0.1) is 17.5 Å². The van der Waals surface area contributed by atoms with Crippen molar-refractivity contribution in [3.8, 4) is 33.9 Å². The minimum absolute atomic E-state index is 0.0239. The first-order valence-electron chi connectivity index (χ1n) is 12.8. The Bertz CT molecular complexity index is 2170. The monoisotopic (exact) mass is 605 g/mol. The number of benzene rings is 4. The number of fused-ring (bicyclic) bond motifs is 2. The average molecular weight is 606 g/mol. The summed E-state index contributed by atoms with van der Waals surface area (Å²) in [6.45, 7) is 0. The number of hydrogen-bond donors (Lipinski definition) is 1. The molecule has 6 aromatic rings. The predicted octanol–water partition coefficient (Wildman–Crippen LogP) is 6.75. The van der Waals surface area contributed by atoms with Gasteiger partial charge in [0.1, 0.15) is 28.5 Å². The van der Waals surface area contributed by atoms with E-state index in [2.05, 4.69) is 10.3 Å². The largest absolute Gasteiger partial charge is 0.455 e. The lowest BCUT2D eigenvalue weighted by atomic mass is 9.97. The van der Waals surface area contributed by atoms with Crippen LogP contribution in [-0.2, 0) is 10.0 Å². The maximum absolute atomic E-state index is 15.1. The van der Waals surface area contributed by atoms with Gasteiger partial charge in [-0.3, -0.25) is 9.10 Å². The van der Waals surface area contributed by atoms with Crippen molar-refractivity contribution in [2.45, 2.75) is 0 Å². The highest BCUT2D eigenvalue weighted by Crippen LogP contribution is 2.42. The molecule has 1 N–H and O–H groups in total. The standard InChI is InChI=1S/C31H22F3N3O5S/c1-35-30(38)27-22-14-21(17-11-18(13-20(33)12-17)31-36-28-23(34)5-4-6-25(28)42-31)24(37(2)43(3,39)40)15-26(22)41-29(27)16-7-9-19(32)10-8-16/h4-15H,1-3H3,(H,35,38). The van der Waals surface area contributed by atoms with Crippen molar-refractivity contribution in [2.24, 2.45) is 0 Å². The molecule has 0 bridgehead atoms. The zero-order valence-electron chi connectivity index (χ0n) is 22.9. The van der Waals surface area contributed by atoms with Crippen LogP contribution in [0.3, 0.4) is 0 Å². The molecule has 0 aliphatic carbocycles. The molecule has 0 radical (unpaired) electrons. The summed E-state index contributed by atoms with van der Waals surface area (Å²) in [7, 11) is -1.06. The molecule has 0 saturated heterocycles. The van der Waals surface area contributed by atoms with Crippen LogP contribution < -0.4 is 9.62 Å². The zero-order valence-corrected chi connectivity index (χ0v) is 23.7. The number of rotatable bonds is 6. The van der Waals surface area contributed by atoms with E-state index in [0.29, 0.717) is 10.9 Å². The van der Waals surface area contributed by atoms with Crippen LogP contribution in [0, 0.1) is 17.5 Å². The number of para-hydroxylation sites is 1. The molecule has 2 aromatic heterocycles. The van der Waals surface area contributed by atoms with Gasteiger partial charge in [-0.1, -0.05) is 6.07 Å². The SMILES string of the molecule is CNC(=O)c1c(-c2ccc(F)cc2)oc2cc(N(C)S(C)(=O)=O)c(-c3cc(F)cc(-c4nc5c(F)cccc5o4)c3)cc12. The molecule has 1 amide bonds. The first-order chi connectivity index (χ1) is 20.4. The Morgan fingerprint density at radius 2 is 1.58 bits per heavy atom. The van der Waals surface area contributed by atoms with Gasteiger partial charge in [0.15, 0.2) is 11.4 Å². The molecular weight excluding hydrogens is 583 g/mol. The van der Waals surface area contributed by atoms with Crippen LogP contribution in [-0.4, -0.2) is 39.7 Å². The molecule has 4 aromatic carbocycles. The van der Waals surface area contributed by atoms with E-state index in [1.54, 1.807) is 0 Å². The normalized spacial score (nSPS) is 11.8. The second-order valence-electron chi connectivity index (χ2n) is 9.82. The van der Waals surface area contributed by atoms with Crippen LogP contribution >= 0.6 is 0 Å². The molecule has 0 unspecified atom stereocenters. The Morgan fingerprint density at radius 1 is 0.860 bits per heavy atom. The maximum atomic E-state index is 15.1. The summed E-state index contributed by atoms with van der Waals surface area (Å²) < 4.78 is 81.2. The first kappa shape index (κ1) is 28.0. The van der Waals surface area contributed by atoms with Gasteiger partial charge in [-0.15, -0.1) is 0 Å². The van der Waals surface area contributed by atoms with Gasteiger partial charge < -0.3 is 14.2 Å². The molecule has 12 heteroatoms. The van der Waals surface area contributed by atoms with Crippen molar-refractivity contribution in [3.05, 3.63) is 95.8 Å². The van der Waals surface area contributed by atoms with Gasteiger partial charge in [-0.25, -0.2) is 26.6 Å². The summed E-state index contributed by atoms with van der Waals surface area (Å²) in [6.07, 6.45) is 1.01. The van der Waals surface area contributed by atoms with Gasteiger partial charge >= 0.3 is 0 Å². The second kappa shape index (κ2) is 10.3. The molecule has 0 aliphatic rings. The molecule has 0 aliphatic heterocycles. The minimum Gasteiger partial charge on any atom is -0.455 e. The lowest BCUT2D eigenvalue weighted by Crippen LogP contribution is -2.25. The summed E-state index contributed by atoms with van der Waals surface area (Å²) in [5.74, 6) is -2.22. The smallest absolute Gasteiger partial charge is 0.255 e. The van der Waals surface area contributed by atoms with Crippen molar-refractivity contribution < 1.29 is 35.2 Å². The zero-order chi connectivity index (χ0) is 30.6. The lowest BCUT2D eigenvalue weighted by Gasteiger charge is -2.21. The van der Waals surface area contributed by atoms with Crippen molar-refractivity contribution in [1.82, 2.24) is 10.3 Å². The highest BCUT2D eigenvalue weighted by Gasteiger charge is 2.26. The summed E-state index contributed by atoms with van der Waals surface area (Å²) in [4.78, 5) is 17.3. The molecule has 218 valence electrons. The molecule has 0 saturated carbocycles. The van der Waals surface area contributed by atoms with Crippen molar-refractivity contribution in [2.75, 3.05) is 24.7 Å². The molecule has 8 nitrogen and oxygen atoms in total. The Kier molecular flexibility index (Phi) is 6.73. The van der Waals surface area contributed by atoms with E-state index in [1.165, 1.54) is 80.8 Å². The number of amides is 1. The summed E-state index contributed by atoms with van der Waals surface area (Å²) in [5, 5.41) is 2.87. The van der Waals surface area contributed by atoms with Gasteiger partial charge in [0, 0.05) is 42.2 Å². The number of sulfonamides is 1. The predicted molar refractivity (Wildman–Crippen MR) is 157 cm³/mol. The van der Waals surface area contributed by atoms with Crippen molar-refractivity contribution in [1.29, 1.82) is 0 Å². The van der Waals surface area contributed by atoms with E-state index in [0.717, 1.165) is 16.6 Å². The van der Waals surface area contributed by atoms with Crippen LogP contribution in [0.2, 0.25) is 0 Å². The van der Waals surface area contributed by atoms with E-state index in [9.17, 15) is 22.0 Å². The quantitative estimate of drug-likeness (QED) is 0.225. The fourth-order valence-electron chi connectivity index (χ4n) is 4.86. The average Bonchev–Trinajstić information content (AvgIpc) is 3.58. The van der Waals surface area contributed by atoms with E-state index in [1.807, 2.05) is 0 Å². The fraction of sp³-hybridized carbons (Fsp3) is 0.0968. The number of carbonyl (C=O) groups is 1. The van der Waals surface area contributed by atoms with E-state index in [4.69, 9.17) is 8.83 Å². The Hall–Kier alpha value is -5.10.